The third-order valence-electron chi connectivity index (χ3n) is 4.39. The smallest absolute Gasteiger partial charge is 0.271 e. The first-order valence-corrected chi connectivity index (χ1v) is 10.4. The van der Waals surface area contributed by atoms with Crippen LogP contribution in [-0.2, 0) is 14.6 Å². The van der Waals surface area contributed by atoms with Gasteiger partial charge in [-0.1, -0.05) is 0 Å². The van der Waals surface area contributed by atoms with Gasteiger partial charge >= 0.3 is 0 Å². The van der Waals surface area contributed by atoms with Gasteiger partial charge in [-0.15, -0.1) is 0 Å². The van der Waals surface area contributed by atoms with Crippen LogP contribution >= 0.6 is 0 Å². The zero-order chi connectivity index (χ0) is 17.3. The number of carbonyl (C=O) groups is 1. The Kier molecular flexibility index (Phi) is 4.96. The molecule has 0 radical (unpaired) electrons. The van der Waals surface area contributed by atoms with Crippen molar-refractivity contribution in [3.05, 3.63) is 17.5 Å². The van der Waals surface area contributed by atoms with E-state index in [1.165, 1.54) is 0 Å². The van der Waals surface area contributed by atoms with Crippen molar-refractivity contribution in [2.45, 2.75) is 51.2 Å². The van der Waals surface area contributed by atoms with Crippen molar-refractivity contribution < 1.29 is 17.9 Å². The first-order chi connectivity index (χ1) is 11.4. The molecule has 0 bridgehead atoms. The first-order valence-electron chi connectivity index (χ1n) is 8.55. The van der Waals surface area contributed by atoms with Gasteiger partial charge < -0.3 is 10.1 Å². The molecule has 1 atom stereocenters. The Bertz CT molecular complexity index is 707. The number of carbonyl (C=O) groups excluding carboxylic acids is 1. The van der Waals surface area contributed by atoms with E-state index in [2.05, 4.69) is 10.4 Å². The van der Waals surface area contributed by atoms with Crippen LogP contribution in [-0.4, -0.2) is 54.9 Å². The molecule has 0 aromatic carbocycles. The summed E-state index contributed by atoms with van der Waals surface area (Å²) in [7, 11) is -2.98. The fraction of sp³-hybridized carbons (Fsp3) is 0.750. The fourth-order valence-electron chi connectivity index (χ4n) is 3.01. The van der Waals surface area contributed by atoms with Crippen LogP contribution in [0, 0.1) is 0 Å². The topological polar surface area (TPSA) is 90.3 Å². The first kappa shape index (κ1) is 17.4. The molecule has 2 fully saturated rings. The molecule has 1 amide bonds. The van der Waals surface area contributed by atoms with E-state index in [0.717, 1.165) is 18.5 Å². The van der Waals surface area contributed by atoms with E-state index < -0.39 is 9.84 Å². The zero-order valence-corrected chi connectivity index (χ0v) is 15.0. The number of sulfone groups is 1. The molecule has 0 spiro atoms. The van der Waals surface area contributed by atoms with E-state index in [0.29, 0.717) is 31.2 Å². The van der Waals surface area contributed by atoms with Gasteiger partial charge in [0.05, 0.1) is 30.3 Å². The van der Waals surface area contributed by atoms with Crippen LogP contribution in [0.25, 0.3) is 0 Å². The maximum atomic E-state index is 12.3. The number of ether oxygens (including phenoxy) is 1. The monoisotopic (exact) mass is 355 g/mol. The molecular formula is C16H25N3O4S. The van der Waals surface area contributed by atoms with Crippen LogP contribution in [0.5, 0.6) is 0 Å². The van der Waals surface area contributed by atoms with Gasteiger partial charge in [-0.3, -0.25) is 9.48 Å². The highest BCUT2D eigenvalue weighted by Gasteiger charge is 2.36. The fourth-order valence-corrected chi connectivity index (χ4v) is 4.71. The van der Waals surface area contributed by atoms with Crippen molar-refractivity contribution in [3.8, 4) is 0 Å². The number of nitrogens with one attached hydrogen (secondary N) is 1. The molecule has 1 unspecified atom stereocenters. The van der Waals surface area contributed by atoms with Crippen LogP contribution in [0.3, 0.4) is 0 Å². The number of hydrogen-bond donors (Lipinski definition) is 1. The lowest BCUT2D eigenvalue weighted by Gasteiger charge is -2.12. The Balaban J connectivity index is 1.68. The lowest BCUT2D eigenvalue weighted by molar-refractivity contribution is 0.0744. The van der Waals surface area contributed by atoms with Crippen molar-refractivity contribution in [2.24, 2.45) is 0 Å². The SMILES string of the molecule is CC(C)OCCNC(=O)c1cc(C2CC2)n(C2CCS(=O)(=O)C2)n1. The minimum Gasteiger partial charge on any atom is -0.377 e. The molecule has 8 heteroatoms. The number of aromatic nitrogens is 2. The standard InChI is InChI=1S/C16H25N3O4S/c1-11(2)23-7-6-17-16(20)14-9-15(12-3-4-12)19(18-14)13-5-8-24(21,22)10-13/h9,11-13H,3-8,10H2,1-2H3,(H,17,20). The van der Waals surface area contributed by atoms with Gasteiger partial charge in [-0.25, -0.2) is 8.42 Å². The summed E-state index contributed by atoms with van der Waals surface area (Å²) in [4.78, 5) is 12.3. The quantitative estimate of drug-likeness (QED) is 0.744. The van der Waals surface area contributed by atoms with Crippen molar-refractivity contribution in [1.29, 1.82) is 0 Å². The zero-order valence-electron chi connectivity index (χ0n) is 14.2. The Morgan fingerprint density at radius 1 is 1.42 bits per heavy atom. The molecule has 7 nitrogen and oxygen atoms in total. The summed E-state index contributed by atoms with van der Waals surface area (Å²) in [5, 5.41) is 7.24. The molecule has 1 aliphatic carbocycles. The summed E-state index contributed by atoms with van der Waals surface area (Å²) < 4.78 is 30.7. The second-order valence-electron chi connectivity index (χ2n) is 6.91. The third kappa shape index (κ3) is 4.16. The summed E-state index contributed by atoms with van der Waals surface area (Å²) in [6.45, 7) is 4.78. The van der Waals surface area contributed by atoms with E-state index in [1.807, 2.05) is 19.9 Å². The van der Waals surface area contributed by atoms with Crippen molar-refractivity contribution in [3.63, 3.8) is 0 Å². The highest BCUT2D eigenvalue weighted by atomic mass is 32.2. The van der Waals surface area contributed by atoms with Gasteiger partial charge in [-0.2, -0.15) is 5.10 Å². The minimum absolute atomic E-state index is 0.123. The van der Waals surface area contributed by atoms with E-state index in [-0.39, 0.29) is 29.6 Å². The summed E-state index contributed by atoms with van der Waals surface area (Å²) in [6.07, 6.45) is 2.86. The number of amides is 1. The van der Waals surface area contributed by atoms with E-state index in [9.17, 15) is 13.2 Å². The van der Waals surface area contributed by atoms with Gasteiger partial charge in [0.1, 0.15) is 5.69 Å². The second-order valence-corrected chi connectivity index (χ2v) is 9.13. The van der Waals surface area contributed by atoms with Crippen molar-refractivity contribution in [2.75, 3.05) is 24.7 Å². The maximum Gasteiger partial charge on any atom is 0.271 e. The molecule has 2 aliphatic rings. The van der Waals surface area contributed by atoms with Gasteiger partial charge in [0.15, 0.2) is 9.84 Å². The third-order valence-corrected chi connectivity index (χ3v) is 6.14. The predicted octanol–water partition coefficient (Wildman–Crippen LogP) is 1.27. The Hall–Kier alpha value is -1.41. The molecule has 3 rings (SSSR count). The maximum absolute atomic E-state index is 12.3. The molecule has 1 saturated carbocycles. The summed E-state index contributed by atoms with van der Waals surface area (Å²) in [5.74, 6) is 0.503. The molecule has 24 heavy (non-hydrogen) atoms. The van der Waals surface area contributed by atoms with Crippen LogP contribution in [0.4, 0.5) is 0 Å². The molecule has 1 saturated heterocycles. The molecule has 1 N–H and O–H groups in total. The highest BCUT2D eigenvalue weighted by molar-refractivity contribution is 7.91. The summed E-state index contributed by atoms with van der Waals surface area (Å²) in [5.41, 5.74) is 1.37. The second kappa shape index (κ2) is 6.84. The Labute approximate surface area is 142 Å². The van der Waals surface area contributed by atoms with Gasteiger partial charge in [-0.05, 0) is 39.2 Å². The molecule has 1 aliphatic heterocycles. The molecule has 2 heterocycles. The molecular weight excluding hydrogens is 330 g/mol. The average molecular weight is 355 g/mol. The Morgan fingerprint density at radius 3 is 2.75 bits per heavy atom. The lowest BCUT2D eigenvalue weighted by Crippen LogP contribution is -2.28. The average Bonchev–Trinajstić information content (AvgIpc) is 3.15. The van der Waals surface area contributed by atoms with Gasteiger partial charge in [0.25, 0.3) is 5.91 Å². The molecule has 1 aromatic rings. The van der Waals surface area contributed by atoms with Crippen LogP contribution < -0.4 is 5.32 Å². The molecule has 134 valence electrons. The highest BCUT2D eigenvalue weighted by Crippen LogP contribution is 2.42. The molecule has 1 aromatic heterocycles. The summed E-state index contributed by atoms with van der Waals surface area (Å²) in [6, 6.07) is 1.68. The lowest BCUT2D eigenvalue weighted by atomic mass is 10.2. The van der Waals surface area contributed by atoms with Crippen molar-refractivity contribution >= 4 is 15.7 Å². The largest absolute Gasteiger partial charge is 0.377 e. The number of rotatable bonds is 7. The van der Waals surface area contributed by atoms with Crippen LogP contribution in [0.2, 0.25) is 0 Å². The van der Waals surface area contributed by atoms with E-state index in [4.69, 9.17) is 4.74 Å². The summed E-state index contributed by atoms with van der Waals surface area (Å²) >= 11 is 0. The number of nitrogens with zero attached hydrogens (tertiary/aromatic N) is 2. The Morgan fingerprint density at radius 2 is 2.17 bits per heavy atom. The van der Waals surface area contributed by atoms with Gasteiger partial charge in [0.2, 0.25) is 0 Å². The van der Waals surface area contributed by atoms with Gasteiger partial charge in [0, 0.05) is 18.2 Å². The van der Waals surface area contributed by atoms with Crippen LogP contribution in [0.15, 0.2) is 6.07 Å². The number of hydrogen-bond acceptors (Lipinski definition) is 5. The predicted molar refractivity (Wildman–Crippen MR) is 89.9 cm³/mol. The van der Waals surface area contributed by atoms with E-state index >= 15 is 0 Å². The minimum atomic E-state index is -2.98. The van der Waals surface area contributed by atoms with Crippen molar-refractivity contribution in [1.82, 2.24) is 15.1 Å². The normalized spacial score (nSPS) is 22.9. The van der Waals surface area contributed by atoms with E-state index in [1.54, 1.807) is 4.68 Å². The van der Waals surface area contributed by atoms with Crippen LogP contribution in [0.1, 0.15) is 61.3 Å².